The van der Waals surface area contributed by atoms with Gasteiger partial charge in [-0.2, -0.15) is 0 Å². The molecule has 2 amide bonds. The second-order valence-corrected chi connectivity index (χ2v) is 6.82. The number of amides is 2. The zero-order chi connectivity index (χ0) is 21.2. The number of hydrogen-bond donors (Lipinski definition) is 4. The number of carbonyl (C=O) groups is 2. The van der Waals surface area contributed by atoms with Crippen LogP contribution in [0.4, 0.5) is 11.6 Å². The highest BCUT2D eigenvalue weighted by atomic mass is 32.1. The highest BCUT2D eigenvalue weighted by molar-refractivity contribution is 7.03. The second kappa shape index (κ2) is 10.8. The van der Waals surface area contributed by atoms with Gasteiger partial charge >= 0.3 is 0 Å². The fourth-order valence-electron chi connectivity index (χ4n) is 2.49. The minimum atomic E-state index is -0.265. The van der Waals surface area contributed by atoms with E-state index in [2.05, 4.69) is 40.8 Å². The van der Waals surface area contributed by atoms with Crippen LogP contribution in [0.2, 0.25) is 0 Å². The zero-order valence-corrected chi connectivity index (χ0v) is 17.2. The molecule has 30 heavy (non-hydrogen) atoms. The molecule has 0 aliphatic rings. The van der Waals surface area contributed by atoms with Gasteiger partial charge in [0.2, 0.25) is 5.91 Å². The Hall–Kier alpha value is -3.60. The van der Waals surface area contributed by atoms with Gasteiger partial charge in [0, 0.05) is 50.1 Å². The Morgan fingerprint density at radius 1 is 0.933 bits per heavy atom. The second-order valence-electron chi connectivity index (χ2n) is 6.21. The van der Waals surface area contributed by atoms with E-state index in [4.69, 9.17) is 0 Å². The highest BCUT2D eigenvalue weighted by Crippen LogP contribution is 2.19. The molecule has 0 atom stereocenters. The number of nitrogens with zero attached hydrogens (tertiary/aromatic N) is 4. The molecule has 10 nitrogen and oxygen atoms in total. The Morgan fingerprint density at radius 3 is 2.20 bits per heavy atom. The first-order valence-corrected chi connectivity index (χ1v) is 10.2. The molecule has 0 bridgehead atoms. The van der Waals surface area contributed by atoms with Gasteiger partial charge in [-0.3, -0.25) is 9.59 Å². The molecule has 0 saturated carbocycles. The summed E-state index contributed by atoms with van der Waals surface area (Å²) < 4.78 is 3.68. The molecule has 0 spiro atoms. The van der Waals surface area contributed by atoms with Crippen LogP contribution in [-0.4, -0.2) is 57.5 Å². The maximum Gasteiger partial charge on any atom is 0.272 e. The first-order chi connectivity index (χ1) is 14.6. The standard InChI is InChI=1S/C19H22N8O2S/c1-13(28)20-7-8-21-16-11-17(25-18(24-16)14-5-3-2-4-6-14)22-9-10-23-19(29)15-12-30-27-26-15/h2-6,11-12H,7-10H2,1H3,(H,20,28)(H,23,29)(H2,21,22,24,25). The lowest BCUT2D eigenvalue weighted by atomic mass is 10.2. The van der Waals surface area contributed by atoms with E-state index in [0.717, 1.165) is 17.1 Å². The van der Waals surface area contributed by atoms with Gasteiger partial charge in [0.1, 0.15) is 11.6 Å². The van der Waals surface area contributed by atoms with Crippen molar-refractivity contribution in [1.29, 1.82) is 0 Å². The number of benzene rings is 1. The molecule has 0 fully saturated rings. The molecule has 4 N–H and O–H groups in total. The normalized spacial score (nSPS) is 10.3. The van der Waals surface area contributed by atoms with Crippen LogP contribution < -0.4 is 21.3 Å². The van der Waals surface area contributed by atoms with E-state index in [0.29, 0.717) is 49.3 Å². The van der Waals surface area contributed by atoms with Crippen LogP contribution in [0.3, 0.4) is 0 Å². The van der Waals surface area contributed by atoms with E-state index in [9.17, 15) is 9.59 Å². The van der Waals surface area contributed by atoms with Gasteiger partial charge in [-0.15, -0.1) is 5.10 Å². The number of hydrogen-bond acceptors (Lipinski definition) is 9. The van der Waals surface area contributed by atoms with E-state index in [1.54, 1.807) is 11.4 Å². The van der Waals surface area contributed by atoms with Crippen molar-refractivity contribution in [3.8, 4) is 11.4 Å². The van der Waals surface area contributed by atoms with Crippen molar-refractivity contribution in [3.05, 3.63) is 47.5 Å². The highest BCUT2D eigenvalue weighted by Gasteiger charge is 2.09. The summed E-state index contributed by atoms with van der Waals surface area (Å²) in [6.45, 7) is 3.36. The predicted octanol–water partition coefficient (Wildman–Crippen LogP) is 1.38. The van der Waals surface area contributed by atoms with Gasteiger partial charge in [0.05, 0.1) is 0 Å². The van der Waals surface area contributed by atoms with Crippen LogP contribution in [0, 0.1) is 0 Å². The lowest BCUT2D eigenvalue weighted by Crippen LogP contribution is -2.29. The number of rotatable bonds is 10. The van der Waals surface area contributed by atoms with Crippen LogP contribution in [0.15, 0.2) is 41.8 Å². The van der Waals surface area contributed by atoms with Crippen LogP contribution in [0.25, 0.3) is 11.4 Å². The lowest BCUT2D eigenvalue weighted by Gasteiger charge is -2.12. The zero-order valence-electron chi connectivity index (χ0n) is 16.4. The summed E-state index contributed by atoms with van der Waals surface area (Å²) in [4.78, 5) is 32.0. The third-order valence-electron chi connectivity index (χ3n) is 3.87. The van der Waals surface area contributed by atoms with Crippen LogP contribution in [0.1, 0.15) is 17.4 Å². The first kappa shape index (κ1) is 21.1. The van der Waals surface area contributed by atoms with E-state index in [1.165, 1.54) is 6.92 Å². The van der Waals surface area contributed by atoms with Crippen LogP contribution in [-0.2, 0) is 4.79 Å². The molecule has 1 aromatic carbocycles. The van der Waals surface area contributed by atoms with Gasteiger partial charge < -0.3 is 21.3 Å². The van der Waals surface area contributed by atoms with Crippen molar-refractivity contribution in [3.63, 3.8) is 0 Å². The van der Waals surface area contributed by atoms with Gasteiger partial charge in [0.25, 0.3) is 5.91 Å². The molecule has 2 aromatic heterocycles. The summed E-state index contributed by atoms with van der Waals surface area (Å²) >= 11 is 1.13. The van der Waals surface area contributed by atoms with E-state index < -0.39 is 0 Å². The molecule has 0 unspecified atom stereocenters. The summed E-state index contributed by atoms with van der Waals surface area (Å²) in [6, 6.07) is 11.4. The van der Waals surface area contributed by atoms with Gasteiger partial charge in [-0.1, -0.05) is 34.8 Å². The fourth-order valence-corrected chi connectivity index (χ4v) is 2.93. The predicted molar refractivity (Wildman–Crippen MR) is 115 cm³/mol. The molecule has 0 aliphatic heterocycles. The fraction of sp³-hybridized carbons (Fsp3) is 0.263. The average molecular weight is 427 g/mol. The van der Waals surface area contributed by atoms with Crippen molar-refractivity contribution in [2.75, 3.05) is 36.8 Å². The van der Waals surface area contributed by atoms with Crippen LogP contribution >= 0.6 is 11.5 Å². The molecule has 3 aromatic rings. The number of carbonyl (C=O) groups excluding carboxylic acids is 2. The summed E-state index contributed by atoms with van der Waals surface area (Å²) in [5.41, 5.74) is 1.19. The molecule has 2 heterocycles. The van der Waals surface area contributed by atoms with Crippen molar-refractivity contribution >= 4 is 35.0 Å². The molecule has 0 aliphatic carbocycles. The van der Waals surface area contributed by atoms with Crippen LogP contribution in [0.5, 0.6) is 0 Å². The molecular formula is C19H22N8O2S. The Bertz CT molecular complexity index is 966. The molecular weight excluding hydrogens is 404 g/mol. The number of anilines is 2. The monoisotopic (exact) mass is 426 g/mol. The lowest BCUT2D eigenvalue weighted by molar-refractivity contribution is -0.118. The van der Waals surface area contributed by atoms with E-state index >= 15 is 0 Å². The summed E-state index contributed by atoms with van der Waals surface area (Å²) in [6.07, 6.45) is 0. The molecule has 3 rings (SSSR count). The minimum absolute atomic E-state index is 0.0812. The molecule has 0 saturated heterocycles. The molecule has 0 radical (unpaired) electrons. The van der Waals surface area contributed by atoms with Crippen molar-refractivity contribution in [2.45, 2.75) is 6.92 Å². The van der Waals surface area contributed by atoms with Gasteiger partial charge in [-0.05, 0) is 11.5 Å². The summed E-state index contributed by atoms with van der Waals surface area (Å²) in [7, 11) is 0. The Morgan fingerprint density at radius 2 is 1.60 bits per heavy atom. The van der Waals surface area contributed by atoms with E-state index in [1.807, 2.05) is 30.3 Å². The maximum atomic E-state index is 11.9. The van der Waals surface area contributed by atoms with Crippen molar-refractivity contribution < 1.29 is 9.59 Å². The third kappa shape index (κ3) is 6.48. The summed E-state index contributed by atoms with van der Waals surface area (Å²) in [5, 5.41) is 17.2. The van der Waals surface area contributed by atoms with E-state index in [-0.39, 0.29) is 11.8 Å². The van der Waals surface area contributed by atoms with Gasteiger partial charge in [-0.25, -0.2) is 9.97 Å². The third-order valence-corrected chi connectivity index (χ3v) is 4.38. The Kier molecular flexibility index (Phi) is 7.61. The van der Waals surface area contributed by atoms with Crippen molar-refractivity contribution in [2.24, 2.45) is 0 Å². The van der Waals surface area contributed by atoms with Crippen molar-refractivity contribution in [1.82, 2.24) is 30.2 Å². The number of nitrogens with one attached hydrogen (secondary N) is 4. The average Bonchev–Trinajstić information content (AvgIpc) is 3.30. The topological polar surface area (TPSA) is 134 Å². The Labute approximate surface area is 177 Å². The SMILES string of the molecule is CC(=O)NCCNc1cc(NCCNC(=O)c2csnn2)nc(-c2ccccc2)n1. The summed E-state index contributed by atoms with van der Waals surface area (Å²) in [5.74, 6) is 1.48. The Balaban J connectivity index is 1.62. The largest absolute Gasteiger partial charge is 0.368 e. The molecule has 11 heteroatoms. The first-order valence-electron chi connectivity index (χ1n) is 9.34. The quantitative estimate of drug-likeness (QED) is 0.357. The minimum Gasteiger partial charge on any atom is -0.368 e. The van der Waals surface area contributed by atoms with Gasteiger partial charge in [0.15, 0.2) is 11.5 Å². The smallest absolute Gasteiger partial charge is 0.272 e. The maximum absolute atomic E-state index is 11.9. The molecule has 156 valence electrons. The number of aromatic nitrogens is 4.